The minimum atomic E-state index is -0.476. The summed E-state index contributed by atoms with van der Waals surface area (Å²) in [5.74, 6) is -0.0943. The van der Waals surface area contributed by atoms with E-state index in [4.69, 9.17) is 16.0 Å². The Morgan fingerprint density at radius 2 is 2.22 bits per heavy atom. The Morgan fingerprint density at radius 3 is 2.89 bits per heavy atom. The van der Waals surface area contributed by atoms with Crippen LogP contribution in [0.4, 0.5) is 4.39 Å². The number of carbonyl (C=O) groups is 1. The molecule has 94 valence electrons. The molecule has 0 aliphatic carbocycles. The molecule has 1 N–H and O–H groups in total. The third kappa shape index (κ3) is 3.34. The van der Waals surface area contributed by atoms with Gasteiger partial charge in [0, 0.05) is 5.02 Å². The minimum absolute atomic E-state index is 0.0241. The topological polar surface area (TPSA) is 42.2 Å². The van der Waals surface area contributed by atoms with E-state index in [0.717, 1.165) is 0 Å². The second-order valence-electron chi connectivity index (χ2n) is 3.77. The Hall–Kier alpha value is -1.81. The Kier molecular flexibility index (Phi) is 3.99. The first-order chi connectivity index (χ1) is 8.65. The largest absolute Gasteiger partial charge is 0.467 e. The van der Waals surface area contributed by atoms with Crippen LogP contribution in [0.15, 0.2) is 41.0 Å². The van der Waals surface area contributed by atoms with Gasteiger partial charge in [0.25, 0.3) is 0 Å². The molecule has 1 heterocycles. The molecule has 1 aromatic carbocycles. The molecular weight excluding hydrogens is 257 g/mol. The number of hydrogen-bond donors (Lipinski definition) is 1. The van der Waals surface area contributed by atoms with Gasteiger partial charge in [-0.15, -0.1) is 0 Å². The van der Waals surface area contributed by atoms with Gasteiger partial charge < -0.3 is 9.73 Å². The van der Waals surface area contributed by atoms with Gasteiger partial charge in [-0.1, -0.05) is 17.7 Å². The van der Waals surface area contributed by atoms with Crippen LogP contribution in [0.1, 0.15) is 11.3 Å². The van der Waals surface area contributed by atoms with E-state index in [-0.39, 0.29) is 12.3 Å². The Labute approximate surface area is 109 Å². The molecule has 5 heteroatoms. The molecule has 0 radical (unpaired) electrons. The normalized spacial score (nSPS) is 10.3. The lowest BCUT2D eigenvalue weighted by atomic mass is 10.1. The number of halogens is 2. The smallest absolute Gasteiger partial charge is 0.224 e. The zero-order valence-electron chi connectivity index (χ0n) is 9.45. The predicted octanol–water partition coefficient (Wildman–Crippen LogP) is 2.93. The monoisotopic (exact) mass is 267 g/mol. The molecule has 0 bridgehead atoms. The van der Waals surface area contributed by atoms with Gasteiger partial charge in [-0.25, -0.2) is 4.39 Å². The zero-order valence-corrected chi connectivity index (χ0v) is 10.2. The van der Waals surface area contributed by atoms with Gasteiger partial charge in [-0.3, -0.25) is 4.79 Å². The van der Waals surface area contributed by atoms with Crippen LogP contribution in [0.25, 0.3) is 0 Å². The molecular formula is C13H11ClFNO2. The highest BCUT2D eigenvalue weighted by atomic mass is 35.5. The number of furan rings is 1. The van der Waals surface area contributed by atoms with Crippen molar-refractivity contribution in [3.05, 3.63) is 58.8 Å². The molecule has 0 unspecified atom stereocenters. The van der Waals surface area contributed by atoms with Crippen molar-refractivity contribution in [3.63, 3.8) is 0 Å². The number of nitrogens with one attached hydrogen (secondary N) is 1. The molecule has 1 amide bonds. The number of benzene rings is 1. The lowest BCUT2D eigenvalue weighted by molar-refractivity contribution is -0.120. The quantitative estimate of drug-likeness (QED) is 0.925. The van der Waals surface area contributed by atoms with Gasteiger partial charge in [0.2, 0.25) is 5.91 Å². The summed E-state index contributed by atoms with van der Waals surface area (Å²) in [6.45, 7) is 0.293. The average Bonchev–Trinajstić information content (AvgIpc) is 2.83. The average molecular weight is 268 g/mol. The van der Waals surface area contributed by atoms with E-state index in [0.29, 0.717) is 22.9 Å². The molecule has 2 rings (SSSR count). The van der Waals surface area contributed by atoms with E-state index in [9.17, 15) is 9.18 Å². The van der Waals surface area contributed by atoms with E-state index >= 15 is 0 Å². The van der Waals surface area contributed by atoms with Crippen molar-refractivity contribution in [3.8, 4) is 0 Å². The van der Waals surface area contributed by atoms with Crippen LogP contribution < -0.4 is 5.32 Å². The number of rotatable bonds is 4. The van der Waals surface area contributed by atoms with Crippen LogP contribution in [0, 0.1) is 5.82 Å². The maximum atomic E-state index is 13.4. The highest BCUT2D eigenvalue weighted by molar-refractivity contribution is 6.30. The first-order valence-electron chi connectivity index (χ1n) is 5.38. The maximum absolute atomic E-state index is 13.4. The van der Waals surface area contributed by atoms with Crippen LogP contribution in [0.5, 0.6) is 0 Å². The standard InChI is InChI=1S/C13H11ClFNO2/c14-10-4-3-9(12(15)7-10)6-13(17)16-8-11-2-1-5-18-11/h1-5,7H,6,8H2,(H,16,17). The molecule has 0 atom stereocenters. The van der Waals surface area contributed by atoms with Crippen molar-refractivity contribution in [1.82, 2.24) is 5.32 Å². The Morgan fingerprint density at radius 1 is 1.39 bits per heavy atom. The fourth-order valence-electron chi connectivity index (χ4n) is 1.50. The second kappa shape index (κ2) is 5.69. The SMILES string of the molecule is O=C(Cc1ccc(Cl)cc1F)NCc1ccco1. The summed E-state index contributed by atoms with van der Waals surface area (Å²) in [6.07, 6.45) is 1.50. The van der Waals surface area contributed by atoms with Crippen LogP contribution in [-0.2, 0) is 17.8 Å². The lowest BCUT2D eigenvalue weighted by Crippen LogP contribution is -2.24. The van der Waals surface area contributed by atoms with Gasteiger partial charge in [0.05, 0.1) is 19.2 Å². The summed E-state index contributed by atoms with van der Waals surface area (Å²) in [4.78, 5) is 11.6. The zero-order chi connectivity index (χ0) is 13.0. The van der Waals surface area contributed by atoms with E-state index < -0.39 is 5.82 Å². The summed E-state index contributed by atoms with van der Waals surface area (Å²) in [7, 11) is 0. The van der Waals surface area contributed by atoms with Crippen LogP contribution in [0.2, 0.25) is 5.02 Å². The molecule has 0 saturated heterocycles. The summed E-state index contributed by atoms with van der Waals surface area (Å²) < 4.78 is 18.5. The summed E-state index contributed by atoms with van der Waals surface area (Å²) in [6, 6.07) is 7.74. The Bertz CT molecular complexity index is 540. The van der Waals surface area contributed by atoms with E-state index in [1.54, 1.807) is 18.2 Å². The predicted molar refractivity (Wildman–Crippen MR) is 65.7 cm³/mol. The molecule has 0 fully saturated rings. The minimum Gasteiger partial charge on any atom is -0.467 e. The van der Waals surface area contributed by atoms with Crippen LogP contribution in [0.3, 0.4) is 0 Å². The third-order valence-corrected chi connectivity index (χ3v) is 2.64. The number of hydrogen-bond acceptors (Lipinski definition) is 2. The van der Waals surface area contributed by atoms with Crippen molar-refractivity contribution in [1.29, 1.82) is 0 Å². The summed E-state index contributed by atoms with van der Waals surface area (Å²) >= 11 is 5.63. The van der Waals surface area contributed by atoms with Crippen molar-refractivity contribution in [2.24, 2.45) is 0 Å². The van der Waals surface area contributed by atoms with Gasteiger partial charge in [-0.05, 0) is 29.8 Å². The number of amides is 1. The Balaban J connectivity index is 1.91. The van der Waals surface area contributed by atoms with E-state index in [1.165, 1.54) is 18.4 Å². The van der Waals surface area contributed by atoms with Gasteiger partial charge >= 0.3 is 0 Å². The van der Waals surface area contributed by atoms with Crippen molar-refractivity contribution in [2.75, 3.05) is 0 Å². The molecule has 1 aromatic heterocycles. The molecule has 0 aliphatic heterocycles. The number of carbonyl (C=O) groups excluding carboxylic acids is 1. The molecule has 0 aliphatic rings. The maximum Gasteiger partial charge on any atom is 0.224 e. The van der Waals surface area contributed by atoms with Crippen molar-refractivity contribution < 1.29 is 13.6 Å². The second-order valence-corrected chi connectivity index (χ2v) is 4.21. The molecule has 0 spiro atoms. The van der Waals surface area contributed by atoms with E-state index in [2.05, 4.69) is 5.32 Å². The van der Waals surface area contributed by atoms with Crippen molar-refractivity contribution in [2.45, 2.75) is 13.0 Å². The molecule has 0 saturated carbocycles. The summed E-state index contributed by atoms with van der Waals surface area (Å²) in [5.41, 5.74) is 0.316. The molecule has 18 heavy (non-hydrogen) atoms. The van der Waals surface area contributed by atoms with Crippen LogP contribution in [-0.4, -0.2) is 5.91 Å². The first-order valence-corrected chi connectivity index (χ1v) is 5.76. The van der Waals surface area contributed by atoms with Gasteiger partial charge in [-0.2, -0.15) is 0 Å². The van der Waals surface area contributed by atoms with Gasteiger partial charge in [0.15, 0.2) is 0 Å². The first kappa shape index (κ1) is 12.6. The lowest BCUT2D eigenvalue weighted by Gasteiger charge is -2.05. The highest BCUT2D eigenvalue weighted by Gasteiger charge is 2.09. The highest BCUT2D eigenvalue weighted by Crippen LogP contribution is 2.15. The fraction of sp³-hybridized carbons (Fsp3) is 0.154. The van der Waals surface area contributed by atoms with Crippen molar-refractivity contribution >= 4 is 17.5 Å². The van der Waals surface area contributed by atoms with E-state index in [1.807, 2.05) is 0 Å². The fourth-order valence-corrected chi connectivity index (χ4v) is 1.66. The van der Waals surface area contributed by atoms with Gasteiger partial charge in [0.1, 0.15) is 11.6 Å². The molecule has 3 nitrogen and oxygen atoms in total. The molecule has 2 aromatic rings. The van der Waals surface area contributed by atoms with Crippen LogP contribution >= 0.6 is 11.6 Å². The summed E-state index contributed by atoms with van der Waals surface area (Å²) in [5, 5.41) is 2.96. The third-order valence-electron chi connectivity index (χ3n) is 2.41.